The predicted molar refractivity (Wildman–Crippen MR) is 72.7 cm³/mol. The van der Waals surface area contributed by atoms with Crippen LogP contribution in [0.4, 0.5) is 0 Å². The van der Waals surface area contributed by atoms with Crippen molar-refractivity contribution in [2.75, 3.05) is 26.3 Å². The van der Waals surface area contributed by atoms with E-state index < -0.39 is 5.79 Å². The van der Waals surface area contributed by atoms with Gasteiger partial charge in [-0.2, -0.15) is 0 Å². The second-order valence-electron chi connectivity index (χ2n) is 5.11. The molecule has 1 aliphatic heterocycles. The first-order valence-corrected chi connectivity index (χ1v) is 6.73. The summed E-state index contributed by atoms with van der Waals surface area (Å²) in [7, 11) is 0. The molecular formula is C15H23NO2. The average Bonchev–Trinajstić information content (AvgIpc) is 2.83. The third kappa shape index (κ3) is 3.80. The minimum Gasteiger partial charge on any atom is -0.347 e. The lowest BCUT2D eigenvalue weighted by Crippen LogP contribution is -2.39. The lowest BCUT2D eigenvalue weighted by molar-refractivity contribution is -0.138. The summed E-state index contributed by atoms with van der Waals surface area (Å²) in [5.74, 6) is 0.160. The summed E-state index contributed by atoms with van der Waals surface area (Å²) in [6, 6.07) is 10.6. The first kappa shape index (κ1) is 13.5. The van der Waals surface area contributed by atoms with Crippen LogP contribution in [0.15, 0.2) is 30.3 Å². The van der Waals surface area contributed by atoms with Crippen LogP contribution in [-0.4, -0.2) is 32.1 Å². The fourth-order valence-electron chi connectivity index (χ4n) is 2.24. The first-order valence-electron chi connectivity index (χ1n) is 6.73. The Hall–Kier alpha value is -0.900. The molecule has 3 heteroatoms. The van der Waals surface area contributed by atoms with Gasteiger partial charge in [-0.3, -0.25) is 0 Å². The monoisotopic (exact) mass is 249 g/mol. The molecule has 1 aromatic rings. The fourth-order valence-corrected chi connectivity index (χ4v) is 2.24. The van der Waals surface area contributed by atoms with Crippen LogP contribution in [0.5, 0.6) is 0 Å². The maximum absolute atomic E-state index is 5.55. The van der Waals surface area contributed by atoms with Crippen LogP contribution in [0, 0.1) is 0 Å². The van der Waals surface area contributed by atoms with Gasteiger partial charge in [-0.05, 0) is 31.4 Å². The molecular weight excluding hydrogens is 226 g/mol. The lowest BCUT2D eigenvalue weighted by Gasteiger charge is -2.23. The predicted octanol–water partition coefficient (Wildman–Crippen LogP) is 2.53. The van der Waals surface area contributed by atoms with E-state index in [1.165, 1.54) is 5.56 Å². The van der Waals surface area contributed by atoms with Gasteiger partial charge in [0.05, 0.1) is 13.2 Å². The third-order valence-electron chi connectivity index (χ3n) is 3.47. The number of hydrogen-bond donors (Lipinski definition) is 1. The molecule has 1 atom stereocenters. The van der Waals surface area contributed by atoms with E-state index in [0.717, 1.165) is 19.5 Å². The molecule has 1 N–H and O–H groups in total. The molecule has 1 fully saturated rings. The molecule has 0 aliphatic carbocycles. The quantitative estimate of drug-likeness (QED) is 0.786. The highest BCUT2D eigenvalue weighted by Gasteiger charge is 2.30. The van der Waals surface area contributed by atoms with Crippen molar-refractivity contribution in [3.8, 4) is 0 Å². The zero-order valence-electron chi connectivity index (χ0n) is 11.3. The van der Waals surface area contributed by atoms with Crippen molar-refractivity contribution in [1.82, 2.24) is 5.32 Å². The smallest absolute Gasteiger partial charge is 0.178 e. The normalized spacial score (nSPS) is 19.9. The third-order valence-corrected chi connectivity index (χ3v) is 3.47. The zero-order chi connectivity index (χ0) is 12.8. The molecule has 100 valence electrons. The molecule has 1 aliphatic rings. The van der Waals surface area contributed by atoms with Gasteiger partial charge >= 0.3 is 0 Å². The number of ether oxygens (including phenoxy) is 2. The van der Waals surface area contributed by atoms with Crippen molar-refractivity contribution >= 4 is 0 Å². The van der Waals surface area contributed by atoms with Crippen LogP contribution < -0.4 is 5.32 Å². The van der Waals surface area contributed by atoms with Crippen molar-refractivity contribution in [3.05, 3.63) is 35.9 Å². The summed E-state index contributed by atoms with van der Waals surface area (Å²) in [4.78, 5) is 0. The van der Waals surface area contributed by atoms with E-state index in [-0.39, 0.29) is 0 Å². The topological polar surface area (TPSA) is 30.5 Å². The first-order chi connectivity index (χ1) is 8.70. The fraction of sp³-hybridized carbons (Fsp3) is 0.600. The van der Waals surface area contributed by atoms with Gasteiger partial charge in [0.15, 0.2) is 5.79 Å². The van der Waals surface area contributed by atoms with Gasteiger partial charge < -0.3 is 14.8 Å². The molecule has 1 heterocycles. The molecule has 0 bridgehead atoms. The Morgan fingerprint density at radius 2 is 1.89 bits per heavy atom. The molecule has 0 amide bonds. The Labute approximate surface area is 109 Å². The Bertz CT molecular complexity index is 347. The Morgan fingerprint density at radius 1 is 1.22 bits per heavy atom. The Kier molecular flexibility index (Phi) is 4.75. The van der Waals surface area contributed by atoms with Crippen LogP contribution in [-0.2, 0) is 9.47 Å². The SMILES string of the molecule is CC(CCNCC1(C)OCCO1)c1ccccc1. The van der Waals surface area contributed by atoms with Gasteiger partial charge in [0, 0.05) is 6.54 Å². The summed E-state index contributed by atoms with van der Waals surface area (Å²) in [6.07, 6.45) is 1.13. The van der Waals surface area contributed by atoms with Crippen molar-refractivity contribution in [2.24, 2.45) is 0 Å². The van der Waals surface area contributed by atoms with E-state index in [2.05, 4.69) is 42.6 Å². The highest BCUT2D eigenvalue weighted by molar-refractivity contribution is 5.18. The molecule has 0 aromatic heterocycles. The summed E-state index contributed by atoms with van der Waals surface area (Å²) in [6.45, 7) is 7.42. The molecule has 0 saturated carbocycles. The molecule has 0 spiro atoms. The van der Waals surface area contributed by atoms with E-state index in [0.29, 0.717) is 19.1 Å². The van der Waals surface area contributed by atoms with E-state index in [4.69, 9.17) is 9.47 Å². The largest absolute Gasteiger partial charge is 0.347 e. The van der Waals surface area contributed by atoms with Crippen LogP contribution in [0.3, 0.4) is 0 Å². The molecule has 18 heavy (non-hydrogen) atoms. The van der Waals surface area contributed by atoms with Crippen molar-refractivity contribution in [3.63, 3.8) is 0 Å². The standard InChI is InChI=1S/C15H23NO2/c1-13(14-6-4-3-5-7-14)8-9-16-12-15(2)17-10-11-18-15/h3-7,13,16H,8-12H2,1-2H3. The Balaban J connectivity index is 1.66. The molecule has 1 saturated heterocycles. The Morgan fingerprint density at radius 3 is 2.56 bits per heavy atom. The molecule has 2 rings (SSSR count). The second kappa shape index (κ2) is 6.32. The van der Waals surface area contributed by atoms with Gasteiger partial charge in [-0.25, -0.2) is 0 Å². The number of nitrogens with one attached hydrogen (secondary N) is 1. The minimum absolute atomic E-state index is 0.421. The van der Waals surface area contributed by atoms with Crippen molar-refractivity contribution < 1.29 is 9.47 Å². The van der Waals surface area contributed by atoms with Crippen LogP contribution in [0.25, 0.3) is 0 Å². The van der Waals surface area contributed by atoms with Crippen LogP contribution in [0.1, 0.15) is 31.7 Å². The highest BCUT2D eigenvalue weighted by Crippen LogP contribution is 2.19. The zero-order valence-corrected chi connectivity index (χ0v) is 11.3. The summed E-state index contributed by atoms with van der Waals surface area (Å²) in [5.41, 5.74) is 1.40. The van der Waals surface area contributed by atoms with Crippen LogP contribution in [0.2, 0.25) is 0 Å². The molecule has 1 aromatic carbocycles. The van der Waals surface area contributed by atoms with Gasteiger partial charge in [-0.1, -0.05) is 37.3 Å². The summed E-state index contributed by atoms with van der Waals surface area (Å²) in [5, 5.41) is 3.42. The molecule has 3 nitrogen and oxygen atoms in total. The number of benzene rings is 1. The number of rotatable bonds is 6. The maximum atomic E-state index is 5.55. The minimum atomic E-state index is -0.421. The second-order valence-corrected chi connectivity index (χ2v) is 5.11. The summed E-state index contributed by atoms with van der Waals surface area (Å²) >= 11 is 0. The van der Waals surface area contributed by atoms with Gasteiger partial charge in [0.1, 0.15) is 0 Å². The van der Waals surface area contributed by atoms with Gasteiger partial charge in [0.2, 0.25) is 0 Å². The van der Waals surface area contributed by atoms with Gasteiger partial charge in [0.25, 0.3) is 0 Å². The van der Waals surface area contributed by atoms with Gasteiger partial charge in [-0.15, -0.1) is 0 Å². The summed E-state index contributed by atoms with van der Waals surface area (Å²) < 4.78 is 11.1. The van der Waals surface area contributed by atoms with E-state index in [1.807, 2.05) is 6.92 Å². The molecule has 0 radical (unpaired) electrons. The molecule has 1 unspecified atom stereocenters. The van der Waals surface area contributed by atoms with E-state index in [9.17, 15) is 0 Å². The lowest BCUT2D eigenvalue weighted by atomic mass is 9.98. The number of hydrogen-bond acceptors (Lipinski definition) is 3. The van der Waals surface area contributed by atoms with Crippen molar-refractivity contribution in [2.45, 2.75) is 32.0 Å². The maximum Gasteiger partial charge on any atom is 0.178 e. The highest BCUT2D eigenvalue weighted by atomic mass is 16.7. The average molecular weight is 249 g/mol. The van der Waals surface area contributed by atoms with Crippen molar-refractivity contribution in [1.29, 1.82) is 0 Å². The van der Waals surface area contributed by atoms with E-state index >= 15 is 0 Å². The van der Waals surface area contributed by atoms with E-state index in [1.54, 1.807) is 0 Å². The van der Waals surface area contributed by atoms with Crippen LogP contribution >= 0.6 is 0 Å².